The highest BCUT2D eigenvalue weighted by Gasteiger charge is 2.19. The Morgan fingerprint density at radius 1 is 1.36 bits per heavy atom. The summed E-state index contributed by atoms with van der Waals surface area (Å²) in [5, 5.41) is 3.50. The number of oxazole rings is 1. The molecule has 0 fully saturated rings. The number of benzene rings is 1. The Kier molecular flexibility index (Phi) is 6.41. The first-order valence-electron chi connectivity index (χ1n) is 6.61. The van der Waals surface area contributed by atoms with Crippen LogP contribution in [0.5, 0.6) is 0 Å². The summed E-state index contributed by atoms with van der Waals surface area (Å²) >= 11 is 5.83. The lowest BCUT2D eigenvalue weighted by Crippen LogP contribution is -2.49. The Morgan fingerprint density at radius 3 is 2.59 bits per heavy atom. The van der Waals surface area contributed by atoms with Gasteiger partial charge in [0, 0.05) is 22.7 Å². The fourth-order valence-corrected chi connectivity index (χ4v) is 1.88. The predicted molar refractivity (Wildman–Crippen MR) is 89.2 cm³/mol. The van der Waals surface area contributed by atoms with Crippen molar-refractivity contribution in [3.05, 3.63) is 41.2 Å². The van der Waals surface area contributed by atoms with Crippen LogP contribution in [0.15, 0.2) is 34.9 Å². The quantitative estimate of drug-likeness (QED) is 0.874. The van der Waals surface area contributed by atoms with Crippen LogP contribution in [-0.4, -0.2) is 23.0 Å². The summed E-state index contributed by atoms with van der Waals surface area (Å²) in [6, 6.07) is 7.15. The highest BCUT2D eigenvalue weighted by molar-refractivity contribution is 6.30. The van der Waals surface area contributed by atoms with E-state index in [4.69, 9.17) is 21.8 Å². The van der Waals surface area contributed by atoms with Gasteiger partial charge in [0.15, 0.2) is 0 Å². The van der Waals surface area contributed by atoms with Gasteiger partial charge in [0.25, 0.3) is 0 Å². The van der Waals surface area contributed by atoms with E-state index >= 15 is 0 Å². The first kappa shape index (κ1) is 18.5. The number of aromatic nitrogens is 1. The van der Waals surface area contributed by atoms with Crippen LogP contribution in [0.2, 0.25) is 5.02 Å². The summed E-state index contributed by atoms with van der Waals surface area (Å²) in [6.45, 7) is 4.10. The normalized spacial score (nSPS) is 10.9. The molecule has 0 aliphatic heterocycles. The van der Waals surface area contributed by atoms with E-state index < -0.39 is 5.54 Å². The highest BCUT2D eigenvalue weighted by Crippen LogP contribution is 2.21. The molecule has 2 aromatic rings. The minimum Gasteiger partial charge on any atom is -0.444 e. The van der Waals surface area contributed by atoms with Crippen molar-refractivity contribution in [1.82, 2.24) is 10.3 Å². The van der Waals surface area contributed by atoms with E-state index in [0.29, 0.717) is 23.2 Å². The van der Waals surface area contributed by atoms with E-state index in [1.807, 2.05) is 26.0 Å². The van der Waals surface area contributed by atoms with E-state index in [9.17, 15) is 4.79 Å². The Morgan fingerprint density at radius 2 is 2.00 bits per heavy atom. The van der Waals surface area contributed by atoms with Gasteiger partial charge >= 0.3 is 0 Å². The maximum Gasteiger partial charge on any atom is 0.226 e. The molecule has 22 heavy (non-hydrogen) atoms. The van der Waals surface area contributed by atoms with Gasteiger partial charge in [-0.15, -0.1) is 12.4 Å². The van der Waals surface area contributed by atoms with Gasteiger partial charge in [-0.1, -0.05) is 11.6 Å². The highest BCUT2D eigenvalue weighted by atomic mass is 35.5. The molecule has 0 bridgehead atoms. The molecule has 1 aromatic carbocycles. The standard InChI is InChI=1S/C15H18ClN3O2.ClH/c1-15(2,9-17)19-13(20)7-12-8-21-14(18-12)10-3-5-11(16)6-4-10;/h3-6,8H,7,9,17H2,1-2H3,(H,19,20);1H. The lowest BCUT2D eigenvalue weighted by atomic mass is 10.1. The third-order valence-electron chi connectivity index (χ3n) is 2.97. The number of nitrogens with two attached hydrogens (primary N) is 1. The molecule has 1 aromatic heterocycles. The number of carbonyl (C=O) groups is 1. The smallest absolute Gasteiger partial charge is 0.226 e. The Hall–Kier alpha value is -1.56. The summed E-state index contributed by atoms with van der Waals surface area (Å²) in [4.78, 5) is 16.2. The number of nitrogens with zero attached hydrogens (tertiary/aromatic N) is 1. The number of nitrogens with one attached hydrogen (secondary N) is 1. The summed E-state index contributed by atoms with van der Waals surface area (Å²) < 4.78 is 5.39. The van der Waals surface area contributed by atoms with Crippen LogP contribution >= 0.6 is 24.0 Å². The van der Waals surface area contributed by atoms with Gasteiger partial charge in [0.1, 0.15) is 6.26 Å². The van der Waals surface area contributed by atoms with Crippen LogP contribution in [-0.2, 0) is 11.2 Å². The van der Waals surface area contributed by atoms with Crippen molar-refractivity contribution in [3.8, 4) is 11.5 Å². The van der Waals surface area contributed by atoms with Gasteiger partial charge in [-0.05, 0) is 38.1 Å². The third kappa shape index (κ3) is 5.02. The number of rotatable bonds is 5. The van der Waals surface area contributed by atoms with Crippen molar-refractivity contribution in [2.24, 2.45) is 5.73 Å². The van der Waals surface area contributed by atoms with Crippen molar-refractivity contribution in [1.29, 1.82) is 0 Å². The molecule has 5 nitrogen and oxygen atoms in total. The zero-order valence-electron chi connectivity index (χ0n) is 12.4. The van der Waals surface area contributed by atoms with Crippen molar-refractivity contribution in [2.45, 2.75) is 25.8 Å². The number of hydrogen-bond acceptors (Lipinski definition) is 4. The second-order valence-corrected chi connectivity index (χ2v) is 5.90. The van der Waals surface area contributed by atoms with Crippen molar-refractivity contribution < 1.29 is 9.21 Å². The maximum absolute atomic E-state index is 11.9. The second kappa shape index (κ2) is 7.63. The van der Waals surface area contributed by atoms with Crippen molar-refractivity contribution in [2.75, 3.05) is 6.54 Å². The Bertz CT molecular complexity index is 624. The third-order valence-corrected chi connectivity index (χ3v) is 3.22. The molecule has 0 unspecified atom stereocenters. The van der Waals surface area contributed by atoms with Gasteiger partial charge in [-0.2, -0.15) is 0 Å². The van der Waals surface area contributed by atoms with Crippen LogP contribution in [0.1, 0.15) is 19.5 Å². The number of halogens is 2. The number of hydrogen-bond donors (Lipinski definition) is 2. The molecule has 0 radical (unpaired) electrons. The summed E-state index contributed by atoms with van der Waals surface area (Å²) in [6.07, 6.45) is 1.64. The predicted octanol–water partition coefficient (Wildman–Crippen LogP) is 2.81. The summed E-state index contributed by atoms with van der Waals surface area (Å²) in [5.74, 6) is 0.328. The zero-order valence-corrected chi connectivity index (χ0v) is 14.0. The van der Waals surface area contributed by atoms with E-state index in [1.165, 1.54) is 6.26 Å². The molecule has 0 spiro atoms. The minimum atomic E-state index is -0.431. The summed E-state index contributed by atoms with van der Waals surface area (Å²) in [5.41, 5.74) is 6.54. The number of carbonyl (C=O) groups excluding carboxylic acids is 1. The number of amides is 1. The molecule has 120 valence electrons. The van der Waals surface area contributed by atoms with Gasteiger partial charge in [-0.25, -0.2) is 4.98 Å². The van der Waals surface area contributed by atoms with Crippen LogP contribution in [0.3, 0.4) is 0 Å². The summed E-state index contributed by atoms with van der Waals surface area (Å²) in [7, 11) is 0. The molecule has 0 atom stereocenters. The molecule has 2 rings (SSSR count). The molecule has 3 N–H and O–H groups in total. The molecule has 0 aliphatic carbocycles. The molecular weight excluding hydrogens is 325 g/mol. The Balaban J connectivity index is 0.00000242. The molecule has 0 saturated heterocycles. The van der Waals surface area contributed by atoms with Gasteiger partial charge in [-0.3, -0.25) is 4.79 Å². The SMILES string of the molecule is CC(C)(CN)NC(=O)Cc1coc(-c2ccc(Cl)cc2)n1.Cl. The lowest BCUT2D eigenvalue weighted by molar-refractivity contribution is -0.121. The van der Waals surface area contributed by atoms with Crippen molar-refractivity contribution >= 4 is 29.9 Å². The monoisotopic (exact) mass is 343 g/mol. The van der Waals surface area contributed by atoms with Gasteiger partial charge in [0.2, 0.25) is 11.8 Å². The molecule has 7 heteroatoms. The van der Waals surface area contributed by atoms with Gasteiger partial charge in [0.05, 0.1) is 12.1 Å². The average molecular weight is 344 g/mol. The minimum absolute atomic E-state index is 0. The fraction of sp³-hybridized carbons (Fsp3) is 0.333. The Labute approximate surface area is 140 Å². The molecule has 1 amide bonds. The van der Waals surface area contributed by atoms with Crippen LogP contribution < -0.4 is 11.1 Å². The van der Waals surface area contributed by atoms with Crippen LogP contribution in [0.25, 0.3) is 11.5 Å². The van der Waals surface area contributed by atoms with E-state index in [-0.39, 0.29) is 24.7 Å². The topological polar surface area (TPSA) is 81.1 Å². The van der Waals surface area contributed by atoms with Crippen molar-refractivity contribution in [3.63, 3.8) is 0 Å². The molecule has 1 heterocycles. The fourth-order valence-electron chi connectivity index (χ4n) is 1.75. The van der Waals surface area contributed by atoms with E-state index in [0.717, 1.165) is 5.56 Å². The zero-order chi connectivity index (χ0) is 15.5. The van der Waals surface area contributed by atoms with E-state index in [2.05, 4.69) is 10.3 Å². The molecular formula is C15H19Cl2N3O2. The largest absolute Gasteiger partial charge is 0.444 e. The first-order chi connectivity index (χ1) is 9.89. The maximum atomic E-state index is 11.9. The van der Waals surface area contributed by atoms with Crippen LogP contribution in [0.4, 0.5) is 0 Å². The molecule has 0 aliphatic rings. The van der Waals surface area contributed by atoms with Crippen LogP contribution in [0, 0.1) is 0 Å². The average Bonchev–Trinajstić information content (AvgIpc) is 2.87. The van der Waals surface area contributed by atoms with Gasteiger partial charge < -0.3 is 15.5 Å². The first-order valence-corrected chi connectivity index (χ1v) is 6.99. The van der Waals surface area contributed by atoms with E-state index in [1.54, 1.807) is 12.1 Å². The second-order valence-electron chi connectivity index (χ2n) is 5.46. The molecule has 0 saturated carbocycles. The lowest BCUT2D eigenvalue weighted by Gasteiger charge is -2.23.